The number of morpholine rings is 1. The standard InChI is InChI=1S/C24H31BrN2O3/c1-18-15-27(16-19(2)30-18)17-21-9-4-3-8-20(21)14-26-24(28)12-7-13-29-23-11-6-5-10-22(23)25/h3-6,8-11,18-19H,7,12-17H2,1-2H3,(H,26,28). The van der Waals surface area contributed by atoms with Crippen molar-refractivity contribution in [2.45, 2.75) is 52.0 Å². The number of nitrogens with one attached hydrogen (secondary N) is 1. The van der Waals surface area contributed by atoms with Crippen molar-refractivity contribution in [1.82, 2.24) is 10.2 Å². The summed E-state index contributed by atoms with van der Waals surface area (Å²) in [5, 5.41) is 3.06. The summed E-state index contributed by atoms with van der Waals surface area (Å²) in [5.41, 5.74) is 2.43. The topological polar surface area (TPSA) is 50.8 Å². The van der Waals surface area contributed by atoms with E-state index in [1.807, 2.05) is 30.3 Å². The van der Waals surface area contributed by atoms with Crippen molar-refractivity contribution in [2.75, 3.05) is 19.7 Å². The summed E-state index contributed by atoms with van der Waals surface area (Å²) >= 11 is 3.46. The molecule has 0 aromatic heterocycles. The normalized spacial score (nSPS) is 19.4. The summed E-state index contributed by atoms with van der Waals surface area (Å²) in [6.45, 7) is 8.05. The number of benzene rings is 2. The first-order chi connectivity index (χ1) is 14.5. The van der Waals surface area contributed by atoms with Crippen LogP contribution in [0.5, 0.6) is 5.75 Å². The smallest absolute Gasteiger partial charge is 0.220 e. The highest BCUT2D eigenvalue weighted by molar-refractivity contribution is 9.10. The molecule has 162 valence electrons. The number of rotatable bonds is 9. The second-order valence-corrected chi connectivity index (χ2v) is 8.73. The Morgan fingerprint density at radius 1 is 1.10 bits per heavy atom. The lowest BCUT2D eigenvalue weighted by molar-refractivity contribution is -0.121. The zero-order valence-corrected chi connectivity index (χ0v) is 19.4. The summed E-state index contributed by atoms with van der Waals surface area (Å²) in [4.78, 5) is 14.7. The molecule has 1 amide bonds. The largest absolute Gasteiger partial charge is 0.492 e. The zero-order valence-electron chi connectivity index (χ0n) is 17.8. The first-order valence-corrected chi connectivity index (χ1v) is 11.4. The van der Waals surface area contributed by atoms with Gasteiger partial charge in [0.05, 0.1) is 23.3 Å². The Hall–Kier alpha value is -1.89. The average molecular weight is 475 g/mol. The van der Waals surface area contributed by atoms with Crippen LogP contribution in [0.3, 0.4) is 0 Å². The van der Waals surface area contributed by atoms with E-state index in [2.05, 4.69) is 58.2 Å². The van der Waals surface area contributed by atoms with Gasteiger partial charge in [-0.2, -0.15) is 0 Å². The molecule has 2 aromatic carbocycles. The van der Waals surface area contributed by atoms with Crippen LogP contribution in [0, 0.1) is 0 Å². The molecule has 2 aromatic rings. The minimum Gasteiger partial charge on any atom is -0.492 e. The van der Waals surface area contributed by atoms with E-state index in [1.54, 1.807) is 0 Å². The lowest BCUT2D eigenvalue weighted by Gasteiger charge is -2.35. The van der Waals surface area contributed by atoms with E-state index < -0.39 is 0 Å². The highest BCUT2D eigenvalue weighted by Gasteiger charge is 2.22. The van der Waals surface area contributed by atoms with Crippen molar-refractivity contribution in [1.29, 1.82) is 0 Å². The third-order valence-electron chi connectivity index (χ3n) is 5.13. The number of ether oxygens (including phenoxy) is 2. The fraction of sp³-hybridized carbons (Fsp3) is 0.458. The minimum absolute atomic E-state index is 0.0501. The molecule has 1 aliphatic heterocycles. The van der Waals surface area contributed by atoms with Gasteiger partial charge in [0.1, 0.15) is 5.75 Å². The molecule has 0 spiro atoms. The van der Waals surface area contributed by atoms with Crippen LogP contribution in [0.25, 0.3) is 0 Å². The van der Waals surface area contributed by atoms with E-state index in [-0.39, 0.29) is 18.1 Å². The highest BCUT2D eigenvalue weighted by atomic mass is 79.9. The summed E-state index contributed by atoms with van der Waals surface area (Å²) in [6.07, 6.45) is 1.63. The number of hydrogen-bond donors (Lipinski definition) is 1. The van der Waals surface area contributed by atoms with Crippen LogP contribution in [0.4, 0.5) is 0 Å². The number of para-hydroxylation sites is 1. The third kappa shape index (κ3) is 7.11. The molecule has 0 saturated carbocycles. The van der Waals surface area contributed by atoms with Crippen molar-refractivity contribution in [3.05, 3.63) is 64.1 Å². The Labute approximate surface area is 187 Å². The molecule has 6 heteroatoms. The van der Waals surface area contributed by atoms with Gasteiger partial charge >= 0.3 is 0 Å². The quantitative estimate of drug-likeness (QED) is 0.542. The van der Waals surface area contributed by atoms with Gasteiger partial charge in [0.25, 0.3) is 0 Å². The second-order valence-electron chi connectivity index (χ2n) is 7.88. The fourth-order valence-electron chi connectivity index (χ4n) is 3.80. The van der Waals surface area contributed by atoms with Crippen LogP contribution in [-0.4, -0.2) is 42.7 Å². The van der Waals surface area contributed by atoms with Gasteiger partial charge in [0.2, 0.25) is 5.91 Å². The van der Waals surface area contributed by atoms with Crippen molar-refractivity contribution in [3.8, 4) is 5.75 Å². The van der Waals surface area contributed by atoms with E-state index >= 15 is 0 Å². The second kappa shape index (κ2) is 11.5. The van der Waals surface area contributed by atoms with E-state index in [4.69, 9.17) is 9.47 Å². The van der Waals surface area contributed by atoms with Gasteiger partial charge in [-0.3, -0.25) is 9.69 Å². The average Bonchev–Trinajstić information content (AvgIpc) is 2.71. The van der Waals surface area contributed by atoms with Gasteiger partial charge in [-0.1, -0.05) is 36.4 Å². The molecule has 0 aliphatic carbocycles. The molecule has 2 atom stereocenters. The SMILES string of the molecule is CC1CN(Cc2ccccc2CNC(=O)CCCOc2ccccc2Br)CC(C)O1. The molecule has 1 aliphatic rings. The number of carbonyl (C=O) groups is 1. The molecule has 1 saturated heterocycles. The Morgan fingerprint density at radius 2 is 1.77 bits per heavy atom. The first-order valence-electron chi connectivity index (χ1n) is 10.6. The van der Waals surface area contributed by atoms with Crippen molar-refractivity contribution in [3.63, 3.8) is 0 Å². The number of halogens is 1. The molecule has 3 rings (SSSR count). The molecule has 1 N–H and O–H groups in total. The van der Waals surface area contributed by atoms with Gasteiger partial charge in [0, 0.05) is 32.6 Å². The van der Waals surface area contributed by atoms with Crippen LogP contribution in [0.2, 0.25) is 0 Å². The lowest BCUT2D eigenvalue weighted by Crippen LogP contribution is -2.45. The predicted molar refractivity (Wildman–Crippen MR) is 122 cm³/mol. The Kier molecular flexibility index (Phi) is 8.73. The highest BCUT2D eigenvalue weighted by Crippen LogP contribution is 2.24. The molecule has 2 unspecified atom stereocenters. The van der Waals surface area contributed by atoms with Crippen molar-refractivity contribution < 1.29 is 14.3 Å². The number of nitrogens with zero attached hydrogens (tertiary/aromatic N) is 1. The van der Waals surface area contributed by atoms with Crippen LogP contribution in [-0.2, 0) is 22.6 Å². The molecule has 30 heavy (non-hydrogen) atoms. The fourth-order valence-corrected chi connectivity index (χ4v) is 4.20. The number of hydrogen-bond acceptors (Lipinski definition) is 4. The molecule has 1 heterocycles. The van der Waals surface area contributed by atoms with Gasteiger partial charge in [-0.15, -0.1) is 0 Å². The van der Waals surface area contributed by atoms with Crippen molar-refractivity contribution in [2.24, 2.45) is 0 Å². The summed E-state index contributed by atoms with van der Waals surface area (Å²) in [5.74, 6) is 0.854. The van der Waals surface area contributed by atoms with E-state index in [1.165, 1.54) is 11.1 Å². The number of carbonyl (C=O) groups excluding carboxylic acids is 1. The van der Waals surface area contributed by atoms with Crippen LogP contribution < -0.4 is 10.1 Å². The van der Waals surface area contributed by atoms with Gasteiger partial charge in [-0.25, -0.2) is 0 Å². The van der Waals surface area contributed by atoms with E-state index in [0.717, 1.165) is 29.9 Å². The van der Waals surface area contributed by atoms with Gasteiger partial charge < -0.3 is 14.8 Å². The molecule has 5 nitrogen and oxygen atoms in total. The molecular weight excluding hydrogens is 444 g/mol. The van der Waals surface area contributed by atoms with Gasteiger partial charge in [-0.05, 0) is 59.5 Å². The van der Waals surface area contributed by atoms with Crippen LogP contribution in [0.15, 0.2) is 53.0 Å². The molecule has 0 bridgehead atoms. The Balaban J connectivity index is 1.43. The van der Waals surface area contributed by atoms with Crippen LogP contribution >= 0.6 is 15.9 Å². The maximum Gasteiger partial charge on any atom is 0.220 e. The van der Waals surface area contributed by atoms with Crippen LogP contribution in [0.1, 0.15) is 37.8 Å². The maximum atomic E-state index is 12.3. The lowest BCUT2D eigenvalue weighted by atomic mass is 10.1. The minimum atomic E-state index is 0.0501. The summed E-state index contributed by atoms with van der Waals surface area (Å²) in [6, 6.07) is 16.1. The maximum absolute atomic E-state index is 12.3. The zero-order chi connectivity index (χ0) is 21.3. The first kappa shape index (κ1) is 22.8. The number of amides is 1. The molecular formula is C24H31BrN2O3. The predicted octanol–water partition coefficient (Wildman–Crippen LogP) is 4.53. The van der Waals surface area contributed by atoms with Gasteiger partial charge in [0.15, 0.2) is 0 Å². The molecule has 1 fully saturated rings. The summed E-state index contributed by atoms with van der Waals surface area (Å²) < 4.78 is 12.5. The van der Waals surface area contributed by atoms with Crippen molar-refractivity contribution >= 4 is 21.8 Å². The third-order valence-corrected chi connectivity index (χ3v) is 5.78. The Morgan fingerprint density at radius 3 is 2.50 bits per heavy atom. The Bertz CT molecular complexity index is 820. The van der Waals surface area contributed by atoms with E-state index in [0.29, 0.717) is 26.0 Å². The monoisotopic (exact) mass is 474 g/mol. The summed E-state index contributed by atoms with van der Waals surface area (Å²) in [7, 11) is 0. The molecule has 0 radical (unpaired) electrons. The van der Waals surface area contributed by atoms with E-state index in [9.17, 15) is 4.79 Å².